The molecule has 146 valence electrons. The number of halogens is 2. The van der Waals surface area contributed by atoms with Crippen LogP contribution in [0.25, 0.3) is 0 Å². The summed E-state index contributed by atoms with van der Waals surface area (Å²) in [5, 5.41) is 4.90. The number of hydrogen-bond acceptors (Lipinski definition) is 3. The first-order valence-corrected chi connectivity index (χ1v) is 10.5. The third-order valence-electron chi connectivity index (χ3n) is 4.91. The molecule has 2 aromatic rings. The van der Waals surface area contributed by atoms with Crippen molar-refractivity contribution < 1.29 is 9.47 Å². The van der Waals surface area contributed by atoms with E-state index in [4.69, 9.17) is 32.7 Å². The zero-order valence-electron chi connectivity index (χ0n) is 15.8. The van der Waals surface area contributed by atoms with Crippen LogP contribution in [0.4, 0.5) is 0 Å². The second-order valence-electron chi connectivity index (χ2n) is 6.95. The topological polar surface area (TPSA) is 30.5 Å². The minimum Gasteiger partial charge on any atom is -0.490 e. The molecular formula is C22H27Cl2NO2. The normalized spacial score (nSPS) is 14.9. The fourth-order valence-corrected chi connectivity index (χ4v) is 3.88. The molecular weight excluding hydrogens is 381 g/mol. The van der Waals surface area contributed by atoms with E-state index in [2.05, 4.69) is 17.4 Å². The van der Waals surface area contributed by atoms with Crippen LogP contribution < -0.4 is 14.8 Å². The maximum Gasteiger partial charge on any atom is 0.161 e. The van der Waals surface area contributed by atoms with Crippen LogP contribution in [0.1, 0.15) is 50.2 Å². The van der Waals surface area contributed by atoms with Gasteiger partial charge in [-0.3, -0.25) is 0 Å². The van der Waals surface area contributed by atoms with Gasteiger partial charge in [0, 0.05) is 28.2 Å². The molecule has 3 rings (SSSR count). The standard InChI is InChI=1S/C22H27Cl2NO2/c1-2-26-22-12-16(14-25-19-6-4-3-5-7-19)8-11-21(22)27-15-17-9-10-18(23)13-20(17)24/h8-13,19,25H,2-7,14-15H2,1H3. The van der Waals surface area contributed by atoms with Crippen molar-refractivity contribution in [3.8, 4) is 11.5 Å². The molecule has 0 bridgehead atoms. The molecule has 0 spiro atoms. The molecule has 3 nitrogen and oxygen atoms in total. The van der Waals surface area contributed by atoms with Gasteiger partial charge >= 0.3 is 0 Å². The molecule has 0 amide bonds. The van der Waals surface area contributed by atoms with Crippen molar-refractivity contribution in [1.29, 1.82) is 0 Å². The Morgan fingerprint density at radius 1 is 0.963 bits per heavy atom. The molecule has 5 heteroatoms. The van der Waals surface area contributed by atoms with E-state index in [-0.39, 0.29) is 0 Å². The summed E-state index contributed by atoms with van der Waals surface area (Å²) in [5.41, 5.74) is 2.10. The van der Waals surface area contributed by atoms with E-state index in [0.29, 0.717) is 29.3 Å². The van der Waals surface area contributed by atoms with Crippen LogP contribution in [0.2, 0.25) is 10.0 Å². The number of ether oxygens (including phenoxy) is 2. The van der Waals surface area contributed by atoms with E-state index < -0.39 is 0 Å². The molecule has 1 saturated carbocycles. The summed E-state index contributed by atoms with van der Waals surface area (Å²) in [6.45, 7) is 3.80. The summed E-state index contributed by atoms with van der Waals surface area (Å²) in [6.07, 6.45) is 6.60. The Morgan fingerprint density at radius 3 is 2.52 bits per heavy atom. The molecule has 0 aliphatic heterocycles. The number of hydrogen-bond donors (Lipinski definition) is 1. The van der Waals surface area contributed by atoms with Crippen molar-refractivity contribution in [3.63, 3.8) is 0 Å². The summed E-state index contributed by atoms with van der Waals surface area (Å²) in [4.78, 5) is 0. The molecule has 0 saturated heterocycles. The summed E-state index contributed by atoms with van der Waals surface area (Å²) in [7, 11) is 0. The van der Waals surface area contributed by atoms with Gasteiger partial charge in [0.15, 0.2) is 11.5 Å². The van der Waals surface area contributed by atoms with Crippen LogP contribution >= 0.6 is 23.2 Å². The lowest BCUT2D eigenvalue weighted by Crippen LogP contribution is -2.30. The summed E-state index contributed by atoms with van der Waals surface area (Å²) in [5.74, 6) is 1.50. The highest BCUT2D eigenvalue weighted by Crippen LogP contribution is 2.31. The lowest BCUT2D eigenvalue weighted by Gasteiger charge is -2.23. The van der Waals surface area contributed by atoms with E-state index in [0.717, 1.165) is 23.6 Å². The van der Waals surface area contributed by atoms with Gasteiger partial charge < -0.3 is 14.8 Å². The molecule has 0 aromatic heterocycles. The van der Waals surface area contributed by atoms with Crippen molar-refractivity contribution in [2.75, 3.05) is 6.61 Å². The second kappa shape index (κ2) is 10.2. The fourth-order valence-electron chi connectivity index (χ4n) is 3.41. The average molecular weight is 408 g/mol. The van der Waals surface area contributed by atoms with Crippen molar-refractivity contribution >= 4 is 23.2 Å². The molecule has 0 heterocycles. The van der Waals surface area contributed by atoms with E-state index in [9.17, 15) is 0 Å². The minimum atomic E-state index is 0.371. The first kappa shape index (κ1) is 20.3. The van der Waals surface area contributed by atoms with Crippen LogP contribution in [0.5, 0.6) is 11.5 Å². The Bertz CT molecular complexity index is 745. The Morgan fingerprint density at radius 2 is 1.78 bits per heavy atom. The Labute approximate surface area is 172 Å². The molecule has 27 heavy (non-hydrogen) atoms. The number of benzene rings is 2. The molecule has 0 atom stereocenters. The molecule has 1 aliphatic rings. The molecule has 1 N–H and O–H groups in total. The summed E-state index contributed by atoms with van der Waals surface area (Å²) in [6, 6.07) is 12.2. The highest BCUT2D eigenvalue weighted by Gasteiger charge is 2.13. The van der Waals surface area contributed by atoms with Crippen LogP contribution in [0, 0.1) is 0 Å². The Hall–Kier alpha value is -1.42. The first-order chi connectivity index (χ1) is 13.2. The van der Waals surface area contributed by atoms with Crippen LogP contribution in [0.3, 0.4) is 0 Å². The first-order valence-electron chi connectivity index (χ1n) is 9.71. The van der Waals surface area contributed by atoms with Gasteiger partial charge in [0.2, 0.25) is 0 Å². The van der Waals surface area contributed by atoms with E-state index in [1.807, 2.05) is 25.1 Å². The quantitative estimate of drug-likeness (QED) is 0.549. The predicted molar refractivity (Wildman–Crippen MR) is 112 cm³/mol. The highest BCUT2D eigenvalue weighted by molar-refractivity contribution is 6.35. The SMILES string of the molecule is CCOc1cc(CNC2CCCCC2)ccc1OCc1ccc(Cl)cc1Cl. The van der Waals surface area contributed by atoms with E-state index in [1.54, 1.807) is 6.07 Å². The van der Waals surface area contributed by atoms with Gasteiger partial charge in [-0.05, 0) is 49.6 Å². The van der Waals surface area contributed by atoms with Gasteiger partial charge in [-0.15, -0.1) is 0 Å². The van der Waals surface area contributed by atoms with Gasteiger partial charge in [-0.2, -0.15) is 0 Å². The highest BCUT2D eigenvalue weighted by atomic mass is 35.5. The lowest BCUT2D eigenvalue weighted by molar-refractivity contribution is 0.269. The van der Waals surface area contributed by atoms with Crippen molar-refractivity contribution in [2.24, 2.45) is 0 Å². The summed E-state index contributed by atoms with van der Waals surface area (Å²) < 4.78 is 11.8. The zero-order valence-corrected chi connectivity index (χ0v) is 17.3. The smallest absolute Gasteiger partial charge is 0.161 e. The van der Waals surface area contributed by atoms with Gasteiger partial charge in [-0.1, -0.05) is 54.6 Å². The van der Waals surface area contributed by atoms with Gasteiger partial charge in [0.25, 0.3) is 0 Å². The Balaban J connectivity index is 1.63. The Kier molecular flexibility index (Phi) is 7.69. The van der Waals surface area contributed by atoms with Crippen molar-refractivity contribution in [3.05, 3.63) is 57.6 Å². The number of nitrogens with one attached hydrogen (secondary N) is 1. The monoisotopic (exact) mass is 407 g/mol. The summed E-state index contributed by atoms with van der Waals surface area (Å²) >= 11 is 12.2. The van der Waals surface area contributed by atoms with Gasteiger partial charge in [-0.25, -0.2) is 0 Å². The van der Waals surface area contributed by atoms with Gasteiger partial charge in [0.05, 0.1) is 6.61 Å². The van der Waals surface area contributed by atoms with Crippen LogP contribution in [0.15, 0.2) is 36.4 Å². The molecule has 0 radical (unpaired) electrons. The van der Waals surface area contributed by atoms with E-state index >= 15 is 0 Å². The van der Waals surface area contributed by atoms with E-state index in [1.165, 1.54) is 37.7 Å². The maximum atomic E-state index is 6.23. The third-order valence-corrected chi connectivity index (χ3v) is 5.49. The molecule has 1 fully saturated rings. The molecule has 0 unspecified atom stereocenters. The largest absolute Gasteiger partial charge is 0.490 e. The zero-order chi connectivity index (χ0) is 19.1. The van der Waals surface area contributed by atoms with Crippen LogP contribution in [-0.2, 0) is 13.2 Å². The second-order valence-corrected chi connectivity index (χ2v) is 7.80. The van der Waals surface area contributed by atoms with Crippen molar-refractivity contribution in [2.45, 2.75) is 58.2 Å². The van der Waals surface area contributed by atoms with Crippen molar-refractivity contribution in [1.82, 2.24) is 5.32 Å². The van der Waals surface area contributed by atoms with Gasteiger partial charge in [0.1, 0.15) is 6.61 Å². The third kappa shape index (κ3) is 6.03. The average Bonchev–Trinajstić information content (AvgIpc) is 2.68. The predicted octanol–water partition coefficient (Wildman–Crippen LogP) is 6.39. The molecule has 1 aliphatic carbocycles. The minimum absolute atomic E-state index is 0.371. The maximum absolute atomic E-state index is 6.23. The lowest BCUT2D eigenvalue weighted by atomic mass is 9.95. The number of rotatable bonds is 8. The van der Waals surface area contributed by atoms with Crippen LogP contribution in [-0.4, -0.2) is 12.6 Å². The molecule has 2 aromatic carbocycles. The fraction of sp³-hybridized carbons (Fsp3) is 0.455.